The number of amides is 1. The standard InChI is InChI=1S/C14H12Cl2N2O/c15-11-5-2-6-12(16)14(11)18-13(19)8-9-3-1-4-10(17)7-9/h1-7H,8,17H2,(H,18,19). The molecule has 2 aromatic rings. The van der Waals surface area contributed by atoms with Gasteiger partial charge in [0.25, 0.3) is 0 Å². The van der Waals surface area contributed by atoms with Crippen LogP contribution in [0.3, 0.4) is 0 Å². The summed E-state index contributed by atoms with van der Waals surface area (Å²) in [5, 5.41) is 3.52. The molecular formula is C14H12Cl2N2O. The van der Waals surface area contributed by atoms with Crippen molar-refractivity contribution < 1.29 is 4.79 Å². The summed E-state index contributed by atoms with van der Waals surface area (Å²) in [6.07, 6.45) is 0.215. The van der Waals surface area contributed by atoms with Crippen LogP contribution in [0.25, 0.3) is 0 Å². The molecule has 2 aromatic carbocycles. The van der Waals surface area contributed by atoms with Gasteiger partial charge in [-0.2, -0.15) is 0 Å². The average Bonchev–Trinajstić information content (AvgIpc) is 2.34. The van der Waals surface area contributed by atoms with Crippen LogP contribution in [0.5, 0.6) is 0 Å². The minimum absolute atomic E-state index is 0.194. The number of benzene rings is 2. The first-order chi connectivity index (χ1) is 9.06. The van der Waals surface area contributed by atoms with Crippen LogP contribution >= 0.6 is 23.2 Å². The molecule has 19 heavy (non-hydrogen) atoms. The Morgan fingerprint density at radius 1 is 1.11 bits per heavy atom. The number of halogens is 2. The minimum Gasteiger partial charge on any atom is -0.399 e. The van der Waals surface area contributed by atoms with Gasteiger partial charge in [0.15, 0.2) is 0 Å². The number of nitrogens with one attached hydrogen (secondary N) is 1. The highest BCUT2D eigenvalue weighted by atomic mass is 35.5. The van der Waals surface area contributed by atoms with E-state index in [2.05, 4.69) is 5.32 Å². The van der Waals surface area contributed by atoms with Gasteiger partial charge in [-0.1, -0.05) is 41.4 Å². The van der Waals surface area contributed by atoms with Gasteiger partial charge in [-0.05, 0) is 29.8 Å². The second kappa shape index (κ2) is 5.95. The van der Waals surface area contributed by atoms with Crippen molar-refractivity contribution >= 4 is 40.5 Å². The van der Waals surface area contributed by atoms with Crippen LogP contribution < -0.4 is 11.1 Å². The summed E-state index contributed by atoms with van der Waals surface area (Å²) < 4.78 is 0. The van der Waals surface area contributed by atoms with E-state index in [-0.39, 0.29) is 12.3 Å². The maximum Gasteiger partial charge on any atom is 0.228 e. The van der Waals surface area contributed by atoms with E-state index in [1.807, 2.05) is 6.07 Å². The van der Waals surface area contributed by atoms with Gasteiger partial charge in [-0.15, -0.1) is 0 Å². The highest BCUT2D eigenvalue weighted by Crippen LogP contribution is 2.29. The van der Waals surface area contributed by atoms with Crippen molar-refractivity contribution in [1.82, 2.24) is 0 Å². The number of nitrogens with two attached hydrogens (primary N) is 1. The molecule has 0 radical (unpaired) electrons. The number of rotatable bonds is 3. The number of carbonyl (C=O) groups is 1. The summed E-state index contributed by atoms with van der Waals surface area (Å²) in [4.78, 5) is 11.9. The predicted octanol–water partition coefficient (Wildman–Crippen LogP) is 3.76. The molecule has 3 N–H and O–H groups in total. The van der Waals surface area contributed by atoms with Crippen LogP contribution in [-0.2, 0) is 11.2 Å². The molecule has 5 heteroatoms. The van der Waals surface area contributed by atoms with Crippen molar-refractivity contribution in [2.24, 2.45) is 0 Å². The van der Waals surface area contributed by atoms with E-state index in [1.165, 1.54) is 0 Å². The third-order valence-electron chi connectivity index (χ3n) is 2.54. The number of nitrogen functional groups attached to an aromatic ring is 1. The van der Waals surface area contributed by atoms with E-state index in [9.17, 15) is 4.79 Å². The molecule has 0 saturated heterocycles. The zero-order valence-corrected chi connectivity index (χ0v) is 11.5. The molecule has 0 saturated carbocycles. The van der Waals surface area contributed by atoms with Gasteiger partial charge in [-0.3, -0.25) is 4.79 Å². The van der Waals surface area contributed by atoms with Gasteiger partial charge in [0.2, 0.25) is 5.91 Å². The van der Waals surface area contributed by atoms with Gasteiger partial charge < -0.3 is 11.1 Å². The fourth-order valence-corrected chi connectivity index (χ4v) is 2.18. The molecule has 0 spiro atoms. The second-order valence-electron chi connectivity index (χ2n) is 4.07. The van der Waals surface area contributed by atoms with Crippen LogP contribution in [-0.4, -0.2) is 5.91 Å². The zero-order chi connectivity index (χ0) is 13.8. The summed E-state index contributed by atoms with van der Waals surface area (Å²) in [5.74, 6) is -0.194. The second-order valence-corrected chi connectivity index (χ2v) is 4.88. The quantitative estimate of drug-likeness (QED) is 0.847. The van der Waals surface area contributed by atoms with Gasteiger partial charge >= 0.3 is 0 Å². The van der Waals surface area contributed by atoms with Crippen molar-refractivity contribution in [3.8, 4) is 0 Å². The van der Waals surface area contributed by atoms with Crippen molar-refractivity contribution in [3.63, 3.8) is 0 Å². The lowest BCUT2D eigenvalue weighted by molar-refractivity contribution is -0.115. The van der Waals surface area contributed by atoms with Crippen molar-refractivity contribution in [2.45, 2.75) is 6.42 Å². The smallest absolute Gasteiger partial charge is 0.228 e. The highest BCUT2D eigenvalue weighted by molar-refractivity contribution is 6.39. The van der Waals surface area contributed by atoms with E-state index in [4.69, 9.17) is 28.9 Å². The molecular weight excluding hydrogens is 283 g/mol. The Labute approximate surface area is 121 Å². The fourth-order valence-electron chi connectivity index (χ4n) is 1.69. The Hall–Kier alpha value is -1.71. The molecule has 0 aliphatic carbocycles. The largest absolute Gasteiger partial charge is 0.399 e. The lowest BCUT2D eigenvalue weighted by Crippen LogP contribution is -2.15. The van der Waals surface area contributed by atoms with Crippen LogP contribution in [0.1, 0.15) is 5.56 Å². The normalized spacial score (nSPS) is 10.2. The molecule has 0 aliphatic heterocycles. The van der Waals surface area contributed by atoms with Gasteiger partial charge in [-0.25, -0.2) is 0 Å². The first kappa shape index (κ1) is 13.7. The Morgan fingerprint density at radius 2 is 1.74 bits per heavy atom. The van der Waals surface area contributed by atoms with Crippen molar-refractivity contribution in [2.75, 3.05) is 11.1 Å². The van der Waals surface area contributed by atoms with Crippen LogP contribution in [0, 0.1) is 0 Å². The molecule has 0 atom stereocenters. The number of hydrogen-bond donors (Lipinski definition) is 2. The maximum atomic E-state index is 11.9. The molecule has 98 valence electrons. The molecule has 1 amide bonds. The van der Waals surface area contributed by atoms with E-state index in [0.29, 0.717) is 21.4 Å². The van der Waals surface area contributed by atoms with E-state index in [0.717, 1.165) is 5.56 Å². The third-order valence-corrected chi connectivity index (χ3v) is 3.17. The fraction of sp³-hybridized carbons (Fsp3) is 0.0714. The summed E-state index contributed by atoms with van der Waals surface area (Å²) in [7, 11) is 0. The molecule has 0 unspecified atom stereocenters. The molecule has 0 bridgehead atoms. The van der Waals surface area contributed by atoms with Crippen LogP contribution in [0.4, 0.5) is 11.4 Å². The lowest BCUT2D eigenvalue weighted by atomic mass is 10.1. The number of para-hydroxylation sites is 1. The number of carbonyl (C=O) groups excluding carboxylic acids is 1. The van der Waals surface area contributed by atoms with Crippen molar-refractivity contribution in [3.05, 3.63) is 58.1 Å². The summed E-state index contributed by atoms with van der Waals surface area (Å²) in [6, 6.07) is 12.2. The van der Waals surface area contributed by atoms with Gasteiger partial charge in [0.1, 0.15) is 0 Å². The Morgan fingerprint density at radius 3 is 2.37 bits per heavy atom. The molecule has 0 heterocycles. The summed E-state index contributed by atoms with van der Waals surface area (Å²) >= 11 is 12.0. The first-order valence-corrected chi connectivity index (χ1v) is 6.40. The average molecular weight is 295 g/mol. The lowest BCUT2D eigenvalue weighted by Gasteiger charge is -2.09. The Balaban J connectivity index is 2.10. The van der Waals surface area contributed by atoms with E-state index in [1.54, 1.807) is 36.4 Å². The van der Waals surface area contributed by atoms with Gasteiger partial charge in [0.05, 0.1) is 22.2 Å². The third kappa shape index (κ3) is 3.63. The van der Waals surface area contributed by atoms with Crippen molar-refractivity contribution in [1.29, 1.82) is 0 Å². The highest BCUT2D eigenvalue weighted by Gasteiger charge is 2.10. The summed E-state index contributed by atoms with van der Waals surface area (Å²) in [6.45, 7) is 0. The van der Waals surface area contributed by atoms with E-state index < -0.39 is 0 Å². The zero-order valence-electron chi connectivity index (χ0n) is 9.99. The Bertz CT molecular complexity index is 594. The minimum atomic E-state index is -0.194. The maximum absolute atomic E-state index is 11.9. The monoisotopic (exact) mass is 294 g/mol. The topological polar surface area (TPSA) is 55.1 Å². The summed E-state index contributed by atoms with van der Waals surface area (Å²) in [5.41, 5.74) is 7.55. The van der Waals surface area contributed by atoms with Crippen LogP contribution in [0.15, 0.2) is 42.5 Å². The molecule has 3 nitrogen and oxygen atoms in total. The van der Waals surface area contributed by atoms with E-state index >= 15 is 0 Å². The van der Waals surface area contributed by atoms with Gasteiger partial charge in [0, 0.05) is 5.69 Å². The molecule has 0 aliphatic rings. The number of hydrogen-bond acceptors (Lipinski definition) is 2. The number of anilines is 2. The molecule has 2 rings (SSSR count). The predicted molar refractivity (Wildman–Crippen MR) is 79.7 cm³/mol. The molecule has 0 fully saturated rings. The first-order valence-electron chi connectivity index (χ1n) is 5.64. The SMILES string of the molecule is Nc1cccc(CC(=O)Nc2c(Cl)cccc2Cl)c1. The Kier molecular flexibility index (Phi) is 4.30. The van der Waals surface area contributed by atoms with Crippen LogP contribution in [0.2, 0.25) is 10.0 Å². The molecule has 0 aromatic heterocycles.